The van der Waals surface area contributed by atoms with Gasteiger partial charge in [0, 0.05) is 6.04 Å². The first-order chi connectivity index (χ1) is 9.08. The van der Waals surface area contributed by atoms with E-state index in [0.717, 1.165) is 24.2 Å². The predicted octanol–water partition coefficient (Wildman–Crippen LogP) is 0.294. The average molecular weight is 270 g/mol. The van der Waals surface area contributed by atoms with Gasteiger partial charge in [-0.15, -0.1) is 0 Å². The lowest BCUT2D eigenvalue weighted by molar-refractivity contribution is -0.140. The third kappa shape index (κ3) is 3.44. The quantitative estimate of drug-likeness (QED) is 0.790. The molecule has 2 rings (SSSR count). The number of carbonyl (C=O) groups is 3. The van der Waals surface area contributed by atoms with Crippen LogP contribution in [0, 0.1) is 0 Å². The van der Waals surface area contributed by atoms with Crippen LogP contribution in [0.15, 0.2) is 0 Å². The van der Waals surface area contributed by atoms with E-state index in [9.17, 15) is 14.4 Å². The van der Waals surface area contributed by atoms with E-state index in [-0.39, 0.29) is 38.1 Å². The summed E-state index contributed by atoms with van der Waals surface area (Å²) in [4.78, 5) is 37.0. The summed E-state index contributed by atoms with van der Waals surface area (Å²) in [5.74, 6) is -1.16. The standard InChI is InChI=1S/C12H18N2O5/c15-10(14-5-6-19-12(14)18)8-13-4-2-1-3-9(13)7-11(16)17/h9H,1-8H2,(H,16,17). The normalized spacial score (nSPS) is 24.3. The van der Waals surface area contributed by atoms with E-state index in [2.05, 4.69) is 0 Å². The van der Waals surface area contributed by atoms with Crippen molar-refractivity contribution in [2.24, 2.45) is 0 Å². The van der Waals surface area contributed by atoms with Crippen LogP contribution in [0.5, 0.6) is 0 Å². The van der Waals surface area contributed by atoms with E-state index >= 15 is 0 Å². The number of ether oxygens (including phenoxy) is 1. The first-order valence-electron chi connectivity index (χ1n) is 6.51. The molecule has 0 aromatic heterocycles. The van der Waals surface area contributed by atoms with Gasteiger partial charge in [-0.3, -0.25) is 14.5 Å². The van der Waals surface area contributed by atoms with Gasteiger partial charge < -0.3 is 9.84 Å². The molecule has 2 heterocycles. The summed E-state index contributed by atoms with van der Waals surface area (Å²) in [5.41, 5.74) is 0. The molecule has 1 unspecified atom stereocenters. The SMILES string of the molecule is O=C(O)CC1CCCCN1CC(=O)N1CCOC1=O. The number of hydrogen-bond acceptors (Lipinski definition) is 5. The number of carbonyl (C=O) groups excluding carboxylic acids is 2. The molecule has 0 bridgehead atoms. The maximum Gasteiger partial charge on any atom is 0.416 e. The second-order valence-corrected chi connectivity index (χ2v) is 4.88. The fourth-order valence-corrected chi connectivity index (χ4v) is 2.58. The van der Waals surface area contributed by atoms with Crippen LogP contribution in [0.2, 0.25) is 0 Å². The van der Waals surface area contributed by atoms with Crippen LogP contribution >= 0.6 is 0 Å². The summed E-state index contributed by atoms with van der Waals surface area (Å²) in [6.45, 7) is 1.32. The molecule has 0 spiro atoms. The molecule has 7 heteroatoms. The molecule has 7 nitrogen and oxygen atoms in total. The number of nitrogens with zero attached hydrogens (tertiary/aromatic N) is 2. The Morgan fingerprint density at radius 2 is 2.11 bits per heavy atom. The zero-order valence-corrected chi connectivity index (χ0v) is 10.7. The molecule has 0 aromatic carbocycles. The van der Waals surface area contributed by atoms with Gasteiger partial charge in [-0.05, 0) is 19.4 Å². The summed E-state index contributed by atoms with van der Waals surface area (Å²) in [6.07, 6.45) is 2.15. The molecule has 19 heavy (non-hydrogen) atoms. The van der Waals surface area contributed by atoms with Gasteiger partial charge in [0.05, 0.1) is 19.5 Å². The lowest BCUT2D eigenvalue weighted by Crippen LogP contribution is -2.47. The number of amides is 2. The summed E-state index contributed by atoms with van der Waals surface area (Å²) in [6, 6.07) is -0.117. The van der Waals surface area contributed by atoms with Crippen molar-refractivity contribution in [2.45, 2.75) is 31.7 Å². The van der Waals surface area contributed by atoms with E-state index in [1.807, 2.05) is 4.90 Å². The Morgan fingerprint density at radius 1 is 1.32 bits per heavy atom. The summed E-state index contributed by atoms with van der Waals surface area (Å²) in [5, 5.41) is 8.88. The molecular formula is C12H18N2O5. The third-order valence-electron chi connectivity index (χ3n) is 3.56. The number of piperidine rings is 1. The molecule has 2 fully saturated rings. The Balaban J connectivity index is 1.93. The van der Waals surface area contributed by atoms with Crippen LogP contribution in [0.3, 0.4) is 0 Å². The van der Waals surface area contributed by atoms with Crippen LogP contribution in [0.1, 0.15) is 25.7 Å². The van der Waals surface area contributed by atoms with Crippen molar-refractivity contribution in [1.82, 2.24) is 9.80 Å². The van der Waals surface area contributed by atoms with Crippen LogP contribution < -0.4 is 0 Å². The highest BCUT2D eigenvalue weighted by atomic mass is 16.6. The molecular weight excluding hydrogens is 252 g/mol. The topological polar surface area (TPSA) is 87.2 Å². The van der Waals surface area contributed by atoms with Crippen molar-refractivity contribution < 1.29 is 24.2 Å². The smallest absolute Gasteiger partial charge is 0.416 e. The Hall–Kier alpha value is -1.63. The number of aliphatic carboxylic acids is 1. The van der Waals surface area contributed by atoms with Gasteiger partial charge in [0.25, 0.3) is 0 Å². The molecule has 0 radical (unpaired) electrons. The molecule has 2 aliphatic rings. The lowest BCUT2D eigenvalue weighted by Gasteiger charge is -2.34. The van der Waals surface area contributed by atoms with Gasteiger partial charge in [-0.25, -0.2) is 9.69 Å². The first kappa shape index (κ1) is 13.8. The first-order valence-corrected chi connectivity index (χ1v) is 6.51. The molecule has 106 valence electrons. The minimum Gasteiger partial charge on any atom is -0.481 e. The van der Waals surface area contributed by atoms with Crippen molar-refractivity contribution in [1.29, 1.82) is 0 Å². The van der Waals surface area contributed by atoms with Crippen LogP contribution in [0.4, 0.5) is 4.79 Å². The minimum absolute atomic E-state index is 0.0394. The Kier molecular flexibility index (Phi) is 4.36. The number of rotatable bonds is 4. The summed E-state index contributed by atoms with van der Waals surface area (Å²) >= 11 is 0. The van der Waals surface area contributed by atoms with Gasteiger partial charge in [-0.2, -0.15) is 0 Å². The maximum atomic E-state index is 12.0. The average Bonchev–Trinajstić information content (AvgIpc) is 2.77. The zero-order valence-electron chi connectivity index (χ0n) is 10.7. The van der Waals surface area contributed by atoms with E-state index in [4.69, 9.17) is 9.84 Å². The molecule has 1 atom stereocenters. The second kappa shape index (κ2) is 6.01. The summed E-state index contributed by atoms with van der Waals surface area (Å²) < 4.78 is 4.72. The number of carboxylic acids is 1. The fraction of sp³-hybridized carbons (Fsp3) is 0.750. The monoisotopic (exact) mass is 270 g/mol. The van der Waals surface area contributed by atoms with Crippen LogP contribution in [0.25, 0.3) is 0 Å². The van der Waals surface area contributed by atoms with Gasteiger partial charge in [-0.1, -0.05) is 6.42 Å². The second-order valence-electron chi connectivity index (χ2n) is 4.88. The molecule has 1 N–H and O–H groups in total. The molecule has 0 saturated carbocycles. The van der Waals surface area contributed by atoms with Gasteiger partial charge >= 0.3 is 12.1 Å². The van der Waals surface area contributed by atoms with Crippen molar-refractivity contribution in [3.8, 4) is 0 Å². The van der Waals surface area contributed by atoms with Crippen molar-refractivity contribution in [3.63, 3.8) is 0 Å². The van der Waals surface area contributed by atoms with E-state index in [1.165, 1.54) is 0 Å². The van der Waals surface area contributed by atoms with E-state index in [1.54, 1.807) is 0 Å². The number of hydrogen-bond donors (Lipinski definition) is 1. The largest absolute Gasteiger partial charge is 0.481 e. The van der Waals surface area contributed by atoms with Crippen LogP contribution in [-0.2, 0) is 14.3 Å². The van der Waals surface area contributed by atoms with Gasteiger partial charge in [0.15, 0.2) is 0 Å². The number of carboxylic acid groups (broad SMARTS) is 1. The van der Waals surface area contributed by atoms with Crippen LogP contribution in [-0.4, -0.2) is 65.2 Å². The maximum absolute atomic E-state index is 12.0. The number of imide groups is 1. The van der Waals surface area contributed by atoms with Crippen molar-refractivity contribution >= 4 is 18.0 Å². The Morgan fingerprint density at radius 3 is 2.74 bits per heavy atom. The zero-order chi connectivity index (χ0) is 13.8. The highest BCUT2D eigenvalue weighted by molar-refractivity contribution is 5.94. The Bertz CT molecular complexity index is 384. The fourth-order valence-electron chi connectivity index (χ4n) is 2.58. The summed E-state index contributed by atoms with van der Waals surface area (Å²) in [7, 11) is 0. The van der Waals surface area contributed by atoms with Crippen molar-refractivity contribution in [2.75, 3.05) is 26.2 Å². The Labute approximate surface area is 111 Å². The number of likely N-dealkylation sites (tertiary alicyclic amines) is 1. The molecule has 0 aromatic rings. The lowest BCUT2D eigenvalue weighted by atomic mass is 9.99. The van der Waals surface area contributed by atoms with Gasteiger partial charge in [0.1, 0.15) is 6.61 Å². The highest BCUT2D eigenvalue weighted by Crippen LogP contribution is 2.20. The number of cyclic esters (lactones) is 1. The van der Waals surface area contributed by atoms with E-state index < -0.39 is 12.1 Å². The highest BCUT2D eigenvalue weighted by Gasteiger charge is 2.32. The minimum atomic E-state index is -0.857. The van der Waals surface area contributed by atoms with Gasteiger partial charge in [0.2, 0.25) is 5.91 Å². The molecule has 0 aliphatic carbocycles. The van der Waals surface area contributed by atoms with Crippen molar-refractivity contribution in [3.05, 3.63) is 0 Å². The molecule has 2 saturated heterocycles. The third-order valence-corrected chi connectivity index (χ3v) is 3.56. The predicted molar refractivity (Wildman–Crippen MR) is 64.5 cm³/mol. The molecule has 2 aliphatic heterocycles. The van der Waals surface area contributed by atoms with E-state index in [0.29, 0.717) is 6.54 Å². The molecule has 2 amide bonds.